The van der Waals surface area contributed by atoms with Crippen LogP contribution in [-0.2, 0) is 14.3 Å². The Morgan fingerprint density at radius 2 is 2.15 bits per heavy atom. The van der Waals surface area contributed by atoms with Gasteiger partial charge in [0.1, 0.15) is 0 Å². The summed E-state index contributed by atoms with van der Waals surface area (Å²) < 4.78 is 4.63. The first-order valence-corrected chi connectivity index (χ1v) is 5.21. The third kappa shape index (κ3) is 4.87. The molecule has 0 heterocycles. The number of rotatable bonds is 6. The van der Waals surface area contributed by atoms with Crippen LogP contribution >= 0.6 is 15.9 Å². The molecule has 0 bridgehead atoms. The predicted octanol–water partition coefficient (Wildman–Crippen LogP) is 1.43. The van der Waals surface area contributed by atoms with E-state index in [0.29, 0.717) is 18.2 Å². The molecule has 4 nitrogen and oxygen atoms in total. The molecule has 1 atom stereocenters. The van der Waals surface area contributed by atoms with E-state index in [-0.39, 0.29) is 6.61 Å². The number of halogens is 1. The summed E-state index contributed by atoms with van der Waals surface area (Å²) in [6.45, 7) is 1.87. The molecule has 0 saturated carbocycles. The van der Waals surface area contributed by atoms with Crippen LogP contribution in [0.4, 0.5) is 0 Å². The Kier molecular flexibility index (Phi) is 6.58. The molecule has 0 aromatic carbocycles. The van der Waals surface area contributed by atoms with Gasteiger partial charge in [0.25, 0.3) is 0 Å². The van der Waals surface area contributed by atoms with E-state index in [1.165, 1.54) is 0 Å². The Labute approximate surface area is 85.4 Å². The van der Waals surface area contributed by atoms with Gasteiger partial charge in [-0.2, -0.15) is 0 Å². The van der Waals surface area contributed by atoms with Gasteiger partial charge in [0.05, 0.1) is 6.61 Å². The molecular formula is C8H13BrO4. The summed E-state index contributed by atoms with van der Waals surface area (Å²) in [6.07, 6.45) is 0.967. The molecule has 76 valence electrons. The average molecular weight is 253 g/mol. The lowest BCUT2D eigenvalue weighted by atomic mass is 10.0. The molecule has 1 N–H and O–H groups in total. The van der Waals surface area contributed by atoms with Crippen LogP contribution in [0.25, 0.3) is 0 Å². The molecule has 0 saturated heterocycles. The van der Waals surface area contributed by atoms with Crippen molar-refractivity contribution in [3.63, 3.8) is 0 Å². The minimum absolute atomic E-state index is 0.219. The Morgan fingerprint density at radius 3 is 2.54 bits per heavy atom. The molecule has 0 aliphatic heterocycles. The maximum absolute atomic E-state index is 11.1. The SMILES string of the molecule is CCOC(=O)C(CCCBr)C(=O)O. The van der Waals surface area contributed by atoms with Crippen molar-refractivity contribution in [3.05, 3.63) is 0 Å². The number of carbonyl (C=O) groups is 2. The molecule has 5 heteroatoms. The highest BCUT2D eigenvalue weighted by Gasteiger charge is 2.26. The largest absolute Gasteiger partial charge is 0.481 e. The molecule has 0 rings (SSSR count). The first-order valence-electron chi connectivity index (χ1n) is 4.08. The molecule has 0 aliphatic rings. The summed E-state index contributed by atoms with van der Waals surface area (Å²) in [4.78, 5) is 21.7. The second kappa shape index (κ2) is 6.88. The number of hydrogen-bond acceptors (Lipinski definition) is 3. The van der Waals surface area contributed by atoms with Gasteiger partial charge in [-0.25, -0.2) is 0 Å². The van der Waals surface area contributed by atoms with Gasteiger partial charge in [0, 0.05) is 5.33 Å². The lowest BCUT2D eigenvalue weighted by molar-refractivity contribution is -0.158. The molecule has 0 aliphatic carbocycles. The van der Waals surface area contributed by atoms with Crippen LogP contribution in [0.15, 0.2) is 0 Å². The zero-order valence-electron chi connectivity index (χ0n) is 7.46. The van der Waals surface area contributed by atoms with E-state index < -0.39 is 17.9 Å². The van der Waals surface area contributed by atoms with Crippen molar-refractivity contribution in [1.29, 1.82) is 0 Å². The van der Waals surface area contributed by atoms with Gasteiger partial charge < -0.3 is 9.84 Å². The van der Waals surface area contributed by atoms with Crippen molar-refractivity contribution in [2.75, 3.05) is 11.9 Å². The topological polar surface area (TPSA) is 63.6 Å². The van der Waals surface area contributed by atoms with Crippen molar-refractivity contribution in [3.8, 4) is 0 Å². The van der Waals surface area contributed by atoms with Crippen molar-refractivity contribution in [2.45, 2.75) is 19.8 Å². The highest BCUT2D eigenvalue weighted by atomic mass is 79.9. The number of hydrogen-bond donors (Lipinski definition) is 1. The predicted molar refractivity (Wildman–Crippen MR) is 50.8 cm³/mol. The first kappa shape index (κ1) is 12.4. The minimum Gasteiger partial charge on any atom is -0.481 e. The fraction of sp³-hybridized carbons (Fsp3) is 0.750. The quantitative estimate of drug-likeness (QED) is 0.441. The number of esters is 1. The van der Waals surface area contributed by atoms with Gasteiger partial charge in [-0.3, -0.25) is 9.59 Å². The highest BCUT2D eigenvalue weighted by Crippen LogP contribution is 2.10. The number of alkyl halides is 1. The van der Waals surface area contributed by atoms with Crippen LogP contribution in [0.1, 0.15) is 19.8 Å². The third-order valence-corrected chi connectivity index (χ3v) is 2.06. The Hall–Kier alpha value is -0.580. The smallest absolute Gasteiger partial charge is 0.320 e. The fourth-order valence-corrected chi connectivity index (χ4v) is 1.19. The van der Waals surface area contributed by atoms with Crippen molar-refractivity contribution >= 4 is 27.9 Å². The summed E-state index contributed by atoms with van der Waals surface area (Å²) in [5.41, 5.74) is 0. The van der Waals surface area contributed by atoms with Gasteiger partial charge in [-0.15, -0.1) is 0 Å². The number of carbonyl (C=O) groups excluding carboxylic acids is 1. The van der Waals surface area contributed by atoms with Crippen LogP contribution < -0.4 is 0 Å². The second-order valence-corrected chi connectivity index (χ2v) is 3.27. The van der Waals surface area contributed by atoms with E-state index in [0.717, 1.165) is 0 Å². The zero-order valence-corrected chi connectivity index (χ0v) is 9.04. The summed E-state index contributed by atoms with van der Waals surface area (Å²) in [6, 6.07) is 0. The van der Waals surface area contributed by atoms with E-state index >= 15 is 0 Å². The number of carboxylic acid groups (broad SMARTS) is 1. The van der Waals surface area contributed by atoms with Crippen LogP contribution in [0, 0.1) is 5.92 Å². The summed E-state index contributed by atoms with van der Waals surface area (Å²) in [5.74, 6) is -2.77. The monoisotopic (exact) mass is 252 g/mol. The Morgan fingerprint density at radius 1 is 1.54 bits per heavy atom. The lowest BCUT2D eigenvalue weighted by Crippen LogP contribution is -2.25. The van der Waals surface area contributed by atoms with Gasteiger partial charge in [-0.05, 0) is 19.8 Å². The van der Waals surface area contributed by atoms with Gasteiger partial charge >= 0.3 is 11.9 Å². The molecule has 0 spiro atoms. The molecule has 0 aromatic rings. The molecular weight excluding hydrogens is 240 g/mol. The summed E-state index contributed by atoms with van der Waals surface area (Å²) in [7, 11) is 0. The molecule has 0 aromatic heterocycles. The van der Waals surface area contributed by atoms with Crippen LogP contribution in [0.5, 0.6) is 0 Å². The average Bonchev–Trinajstić information content (AvgIpc) is 2.05. The van der Waals surface area contributed by atoms with E-state index in [2.05, 4.69) is 20.7 Å². The molecule has 1 unspecified atom stereocenters. The number of aliphatic carboxylic acids is 1. The van der Waals surface area contributed by atoms with Crippen LogP contribution in [0.3, 0.4) is 0 Å². The van der Waals surface area contributed by atoms with E-state index in [4.69, 9.17) is 5.11 Å². The maximum Gasteiger partial charge on any atom is 0.320 e. The van der Waals surface area contributed by atoms with Gasteiger partial charge in [0.15, 0.2) is 5.92 Å². The highest BCUT2D eigenvalue weighted by molar-refractivity contribution is 9.09. The van der Waals surface area contributed by atoms with Crippen molar-refractivity contribution in [2.24, 2.45) is 5.92 Å². The molecule has 13 heavy (non-hydrogen) atoms. The van der Waals surface area contributed by atoms with Crippen LogP contribution in [0.2, 0.25) is 0 Å². The molecule has 0 fully saturated rings. The Bertz CT molecular complexity index is 181. The lowest BCUT2D eigenvalue weighted by Gasteiger charge is -2.09. The number of carboxylic acids is 1. The zero-order chi connectivity index (χ0) is 10.3. The fourth-order valence-electron chi connectivity index (χ4n) is 0.866. The van der Waals surface area contributed by atoms with E-state index in [1.54, 1.807) is 6.92 Å². The van der Waals surface area contributed by atoms with E-state index in [9.17, 15) is 9.59 Å². The molecule has 0 amide bonds. The minimum atomic E-state index is -1.11. The Balaban J connectivity index is 4.07. The van der Waals surface area contributed by atoms with Gasteiger partial charge in [-0.1, -0.05) is 15.9 Å². The first-order chi connectivity index (χ1) is 6.13. The van der Waals surface area contributed by atoms with Crippen LogP contribution in [-0.4, -0.2) is 29.0 Å². The summed E-state index contributed by atoms with van der Waals surface area (Å²) >= 11 is 3.17. The standard InChI is InChI=1S/C8H13BrO4/c1-2-13-8(12)6(7(10)11)4-3-5-9/h6H,2-5H2,1H3,(H,10,11). The second-order valence-electron chi connectivity index (χ2n) is 2.47. The van der Waals surface area contributed by atoms with E-state index in [1.807, 2.05) is 0 Å². The van der Waals surface area contributed by atoms with Crippen molar-refractivity contribution < 1.29 is 19.4 Å². The summed E-state index contributed by atoms with van der Waals surface area (Å²) in [5, 5.41) is 9.37. The van der Waals surface area contributed by atoms with Crippen molar-refractivity contribution in [1.82, 2.24) is 0 Å². The van der Waals surface area contributed by atoms with Gasteiger partial charge in [0.2, 0.25) is 0 Å². The molecule has 0 radical (unpaired) electrons. The number of ether oxygens (including phenoxy) is 1. The normalized spacial score (nSPS) is 12.2. The third-order valence-electron chi connectivity index (χ3n) is 1.50. The maximum atomic E-state index is 11.1.